The van der Waals surface area contributed by atoms with Crippen LogP contribution in [-0.2, 0) is 20.4 Å². The van der Waals surface area contributed by atoms with Crippen LogP contribution in [0.5, 0.6) is 5.75 Å². The van der Waals surface area contributed by atoms with E-state index in [4.69, 9.17) is 4.74 Å². The van der Waals surface area contributed by atoms with Crippen molar-refractivity contribution in [1.29, 1.82) is 0 Å². The molecule has 58 valence electrons. The molecule has 1 rings (SSSR count). The molecule has 0 aliphatic heterocycles. The van der Waals surface area contributed by atoms with Crippen molar-refractivity contribution in [1.82, 2.24) is 0 Å². The van der Waals surface area contributed by atoms with Gasteiger partial charge in [-0.25, -0.2) is 0 Å². The zero-order valence-electron chi connectivity index (χ0n) is 6.03. The number of rotatable bonds is 1. The van der Waals surface area contributed by atoms with Crippen LogP contribution in [0.15, 0.2) is 24.3 Å². The Morgan fingerprint density at radius 3 is 2.00 bits per heavy atom. The van der Waals surface area contributed by atoms with Gasteiger partial charge in [0.2, 0.25) is 0 Å². The largest absolute Gasteiger partial charge is 0.497 e. The molecule has 0 unspecified atom stereocenters. The van der Waals surface area contributed by atoms with E-state index in [1.54, 1.807) is 7.11 Å². The monoisotopic (exact) mass is 228 g/mol. The fraction of sp³-hybridized carbons (Fsp3) is 0.250. The van der Waals surface area contributed by atoms with E-state index in [0.717, 1.165) is 5.75 Å². The number of benzene rings is 1. The molecule has 0 saturated carbocycles. The Kier molecular flexibility index (Phi) is 4.35. The van der Waals surface area contributed by atoms with Gasteiger partial charge >= 0.3 is 0 Å². The summed E-state index contributed by atoms with van der Waals surface area (Å²) in [5, 5.41) is 0. The van der Waals surface area contributed by atoms with Crippen molar-refractivity contribution in [2.75, 3.05) is 7.11 Å². The molecule has 0 saturated heterocycles. The van der Waals surface area contributed by atoms with Gasteiger partial charge in [-0.15, -0.1) is 0 Å². The summed E-state index contributed by atoms with van der Waals surface area (Å²) in [5.74, 6) is 0.917. The minimum atomic E-state index is 0. The Bertz CT molecular complexity index is 181. The molecule has 1 aromatic carbocycles. The average molecular weight is 229 g/mol. The quantitative estimate of drug-likeness (QED) is 0.668. The topological polar surface area (TPSA) is 9.23 Å². The van der Waals surface area contributed by atoms with Crippen LogP contribution < -0.4 is 4.74 Å². The summed E-state index contributed by atoms with van der Waals surface area (Å²) in [4.78, 5) is 0. The Morgan fingerprint density at radius 2 is 1.60 bits per heavy atom. The molecule has 10 heavy (non-hydrogen) atoms. The third-order valence-corrected chi connectivity index (χ3v) is 1.26. The zero-order valence-corrected chi connectivity index (χ0v) is 7.59. The molecule has 0 radical (unpaired) electrons. The Morgan fingerprint density at radius 1 is 1.10 bits per heavy atom. The molecule has 0 aliphatic rings. The molecule has 1 aromatic rings. The molecule has 0 aliphatic carbocycles. The molecule has 0 N–H and O–H groups in total. The standard InChI is InChI=1S/C8H10O.Pd/c1-7-3-5-8(9-2)6-4-7;/h3-6H,1-2H3;. The molecule has 2 heteroatoms. The first-order valence-electron chi connectivity index (χ1n) is 2.93. The molecule has 0 bridgehead atoms. The number of aryl methyl sites for hydroxylation is 1. The maximum atomic E-state index is 4.97. The summed E-state index contributed by atoms with van der Waals surface area (Å²) in [7, 11) is 1.67. The number of methoxy groups -OCH3 is 1. The van der Waals surface area contributed by atoms with Crippen LogP contribution in [-0.4, -0.2) is 7.11 Å². The van der Waals surface area contributed by atoms with Crippen molar-refractivity contribution in [3.63, 3.8) is 0 Å². The summed E-state index contributed by atoms with van der Waals surface area (Å²) < 4.78 is 4.97. The second-order valence-corrected chi connectivity index (χ2v) is 2.02. The van der Waals surface area contributed by atoms with Gasteiger partial charge < -0.3 is 4.74 Å². The SMILES string of the molecule is COc1ccc(C)cc1.[Pd]. The van der Waals surface area contributed by atoms with Crippen LogP contribution in [0.25, 0.3) is 0 Å². The fourth-order valence-corrected chi connectivity index (χ4v) is 0.674. The van der Waals surface area contributed by atoms with Gasteiger partial charge in [-0.2, -0.15) is 0 Å². The number of hydrogen-bond donors (Lipinski definition) is 0. The molecular formula is C8H10OPd. The summed E-state index contributed by atoms with van der Waals surface area (Å²) in [5.41, 5.74) is 1.26. The van der Waals surface area contributed by atoms with E-state index in [2.05, 4.69) is 6.92 Å². The minimum absolute atomic E-state index is 0. The normalized spacial score (nSPS) is 8.20. The van der Waals surface area contributed by atoms with Gasteiger partial charge in [0, 0.05) is 20.4 Å². The van der Waals surface area contributed by atoms with Gasteiger partial charge in [0.15, 0.2) is 0 Å². The van der Waals surface area contributed by atoms with Crippen molar-refractivity contribution >= 4 is 0 Å². The van der Waals surface area contributed by atoms with Crippen LogP contribution in [0.2, 0.25) is 0 Å². The number of ether oxygens (including phenoxy) is 1. The Labute approximate surface area is 75.1 Å². The van der Waals surface area contributed by atoms with E-state index in [-0.39, 0.29) is 20.4 Å². The van der Waals surface area contributed by atoms with E-state index < -0.39 is 0 Å². The third kappa shape index (κ3) is 2.51. The van der Waals surface area contributed by atoms with Crippen molar-refractivity contribution < 1.29 is 25.2 Å². The van der Waals surface area contributed by atoms with E-state index in [0.29, 0.717) is 0 Å². The third-order valence-electron chi connectivity index (χ3n) is 1.26. The minimum Gasteiger partial charge on any atom is -0.497 e. The van der Waals surface area contributed by atoms with Crippen LogP contribution in [0.4, 0.5) is 0 Å². The molecule has 0 amide bonds. The average Bonchev–Trinajstić information content (AvgIpc) is 1.90. The van der Waals surface area contributed by atoms with Crippen LogP contribution in [0, 0.1) is 6.92 Å². The second kappa shape index (κ2) is 4.49. The predicted molar refractivity (Wildman–Crippen MR) is 37.7 cm³/mol. The van der Waals surface area contributed by atoms with E-state index in [1.807, 2.05) is 24.3 Å². The maximum absolute atomic E-state index is 4.97. The van der Waals surface area contributed by atoms with Crippen molar-refractivity contribution in [2.45, 2.75) is 6.92 Å². The van der Waals surface area contributed by atoms with Crippen LogP contribution in [0.3, 0.4) is 0 Å². The Hall–Kier alpha value is -0.318. The first-order chi connectivity index (χ1) is 4.33. The molecule has 0 heterocycles. The molecule has 0 spiro atoms. The number of hydrogen-bond acceptors (Lipinski definition) is 1. The maximum Gasteiger partial charge on any atom is 0.118 e. The first kappa shape index (κ1) is 9.68. The van der Waals surface area contributed by atoms with Crippen molar-refractivity contribution in [3.8, 4) is 5.75 Å². The van der Waals surface area contributed by atoms with Crippen LogP contribution >= 0.6 is 0 Å². The molecule has 1 nitrogen and oxygen atoms in total. The van der Waals surface area contributed by atoms with E-state index in [1.165, 1.54) is 5.56 Å². The second-order valence-electron chi connectivity index (χ2n) is 2.02. The molecular weight excluding hydrogens is 219 g/mol. The summed E-state index contributed by atoms with van der Waals surface area (Å²) in [6, 6.07) is 7.96. The predicted octanol–water partition coefficient (Wildman–Crippen LogP) is 2.00. The smallest absolute Gasteiger partial charge is 0.118 e. The summed E-state index contributed by atoms with van der Waals surface area (Å²) in [6.45, 7) is 2.06. The van der Waals surface area contributed by atoms with Gasteiger partial charge in [0.25, 0.3) is 0 Å². The summed E-state index contributed by atoms with van der Waals surface area (Å²) >= 11 is 0. The molecule has 0 fully saturated rings. The van der Waals surface area contributed by atoms with Crippen molar-refractivity contribution in [3.05, 3.63) is 29.8 Å². The molecule has 0 atom stereocenters. The van der Waals surface area contributed by atoms with E-state index in [9.17, 15) is 0 Å². The van der Waals surface area contributed by atoms with Gasteiger partial charge in [-0.3, -0.25) is 0 Å². The van der Waals surface area contributed by atoms with E-state index >= 15 is 0 Å². The van der Waals surface area contributed by atoms with Gasteiger partial charge in [0.05, 0.1) is 7.11 Å². The first-order valence-corrected chi connectivity index (χ1v) is 2.93. The van der Waals surface area contributed by atoms with Crippen molar-refractivity contribution in [2.24, 2.45) is 0 Å². The fourth-order valence-electron chi connectivity index (χ4n) is 0.674. The van der Waals surface area contributed by atoms with Gasteiger partial charge in [0.1, 0.15) is 5.75 Å². The van der Waals surface area contributed by atoms with Gasteiger partial charge in [-0.1, -0.05) is 17.7 Å². The Balaban J connectivity index is 0.000000810. The zero-order chi connectivity index (χ0) is 6.69. The van der Waals surface area contributed by atoms with Gasteiger partial charge in [-0.05, 0) is 19.1 Å². The summed E-state index contributed by atoms with van der Waals surface area (Å²) in [6.07, 6.45) is 0. The molecule has 0 aromatic heterocycles. The van der Waals surface area contributed by atoms with Crippen LogP contribution in [0.1, 0.15) is 5.56 Å².